The number of alkyl halides is 6. The molecule has 0 atom stereocenters. The Bertz CT molecular complexity index is 612. The molecular weight excluding hydrogens is 417 g/mol. The molecule has 0 radical (unpaired) electrons. The predicted molar refractivity (Wildman–Crippen MR) is 101 cm³/mol. The largest absolute Gasteiger partial charge is 0.484 e. The Hall–Kier alpha value is -1.17. The molecule has 0 bridgehead atoms. The number of ether oxygens (including phenoxy) is 2. The van der Waals surface area contributed by atoms with Crippen LogP contribution >= 0.6 is 7.92 Å². The first-order valence-electron chi connectivity index (χ1n) is 9.93. The molecule has 2 fully saturated rings. The summed E-state index contributed by atoms with van der Waals surface area (Å²) in [5.41, 5.74) is 0.919. The summed E-state index contributed by atoms with van der Waals surface area (Å²) in [4.78, 5) is 0. The lowest BCUT2D eigenvalue weighted by Crippen LogP contribution is -2.23. The van der Waals surface area contributed by atoms with Crippen LogP contribution in [0.3, 0.4) is 0 Å². The maximum Gasteiger partial charge on any atom is 0.422 e. The van der Waals surface area contributed by atoms with E-state index in [1.165, 1.54) is 0 Å². The molecule has 0 amide bonds. The fourth-order valence-corrected chi connectivity index (χ4v) is 8.12. The van der Waals surface area contributed by atoms with E-state index in [0.717, 1.165) is 62.7 Å². The van der Waals surface area contributed by atoms with Gasteiger partial charge < -0.3 is 9.47 Å². The first-order valence-corrected chi connectivity index (χ1v) is 11.4. The average Bonchev–Trinajstić information content (AvgIpc) is 3.32. The second-order valence-electron chi connectivity index (χ2n) is 7.75. The van der Waals surface area contributed by atoms with Crippen molar-refractivity contribution in [2.24, 2.45) is 0 Å². The normalized spacial score (nSPS) is 19.3. The van der Waals surface area contributed by atoms with Crippen LogP contribution in [0.15, 0.2) is 18.2 Å². The Balaban J connectivity index is 1.90. The van der Waals surface area contributed by atoms with E-state index in [2.05, 4.69) is 0 Å². The highest BCUT2D eigenvalue weighted by Crippen LogP contribution is 2.56. The lowest BCUT2D eigenvalue weighted by atomic mass is 10.3. The van der Waals surface area contributed by atoms with Crippen LogP contribution in [-0.2, 0) is 0 Å². The molecule has 2 aliphatic carbocycles. The van der Waals surface area contributed by atoms with Crippen LogP contribution in [0.25, 0.3) is 0 Å². The fraction of sp³-hybridized carbons (Fsp3) is 0.700. The highest BCUT2D eigenvalue weighted by Gasteiger charge is 2.35. The maximum atomic E-state index is 12.6. The lowest BCUT2D eigenvalue weighted by molar-refractivity contribution is -0.153. The van der Waals surface area contributed by atoms with Crippen molar-refractivity contribution in [3.8, 4) is 11.5 Å². The van der Waals surface area contributed by atoms with Gasteiger partial charge in [-0.15, -0.1) is 0 Å². The average molecular weight is 442 g/mol. The predicted octanol–water partition coefficient (Wildman–Crippen LogP) is 6.56. The zero-order chi connectivity index (χ0) is 21.1. The third kappa shape index (κ3) is 6.94. The van der Waals surface area contributed by atoms with Gasteiger partial charge in [-0.3, -0.25) is 0 Å². The molecular formula is C20H25F6O2P. The van der Waals surface area contributed by atoms with E-state index < -0.39 is 33.5 Å². The van der Waals surface area contributed by atoms with Crippen LogP contribution in [0, 0.1) is 0 Å². The van der Waals surface area contributed by atoms with Crippen LogP contribution < -0.4 is 14.8 Å². The molecule has 0 spiro atoms. The Morgan fingerprint density at radius 1 is 0.690 bits per heavy atom. The molecule has 29 heavy (non-hydrogen) atoms. The Kier molecular flexibility index (Phi) is 7.23. The molecule has 1 aromatic rings. The molecule has 2 nitrogen and oxygen atoms in total. The minimum atomic E-state index is -4.52. The van der Waals surface area contributed by atoms with Crippen LogP contribution in [-0.4, -0.2) is 36.9 Å². The second-order valence-corrected chi connectivity index (χ2v) is 10.5. The summed E-state index contributed by atoms with van der Waals surface area (Å²) in [5, 5.41) is 0.802. The van der Waals surface area contributed by atoms with Gasteiger partial charge in [-0.05, 0) is 54.4 Å². The zero-order valence-corrected chi connectivity index (χ0v) is 16.9. The van der Waals surface area contributed by atoms with Gasteiger partial charge in [-0.2, -0.15) is 26.3 Å². The summed E-state index contributed by atoms with van der Waals surface area (Å²) >= 11 is 0. The van der Waals surface area contributed by atoms with Crippen molar-refractivity contribution in [3.05, 3.63) is 18.2 Å². The molecule has 0 heterocycles. The topological polar surface area (TPSA) is 18.5 Å². The van der Waals surface area contributed by atoms with Gasteiger partial charge in [-0.25, -0.2) is 0 Å². The Morgan fingerprint density at radius 2 is 1.07 bits per heavy atom. The number of rotatable bonds is 7. The highest BCUT2D eigenvalue weighted by atomic mass is 31.1. The van der Waals surface area contributed by atoms with E-state index in [-0.39, 0.29) is 11.5 Å². The van der Waals surface area contributed by atoms with Gasteiger partial charge in [0.2, 0.25) is 0 Å². The van der Waals surface area contributed by atoms with E-state index in [4.69, 9.17) is 9.47 Å². The summed E-state index contributed by atoms with van der Waals surface area (Å²) in [5.74, 6) is -0.166. The van der Waals surface area contributed by atoms with E-state index in [1.54, 1.807) is 12.1 Å². The first kappa shape index (κ1) is 22.5. The molecule has 1 aromatic carbocycles. The van der Waals surface area contributed by atoms with E-state index in [1.807, 2.05) is 0 Å². The van der Waals surface area contributed by atoms with E-state index in [9.17, 15) is 26.3 Å². The standard InChI is InChI=1S/C20H25F6O2P/c21-19(22,23)12-27-14-9-15(28-13-20(24,25)26)11-18(10-14)29(16-5-1-2-6-16)17-7-3-4-8-17/h9-11,16-17H,1-8,12-13H2. The zero-order valence-electron chi connectivity index (χ0n) is 16.0. The molecule has 0 aromatic heterocycles. The molecule has 0 aliphatic heterocycles. The summed E-state index contributed by atoms with van der Waals surface area (Å²) in [6, 6.07) is 4.31. The van der Waals surface area contributed by atoms with Gasteiger partial charge in [0.25, 0.3) is 0 Å². The molecule has 164 valence electrons. The molecule has 2 saturated carbocycles. The van der Waals surface area contributed by atoms with Gasteiger partial charge in [0.1, 0.15) is 11.5 Å². The van der Waals surface area contributed by atoms with Gasteiger partial charge >= 0.3 is 12.4 Å². The van der Waals surface area contributed by atoms with Gasteiger partial charge in [0.05, 0.1) is 0 Å². The van der Waals surface area contributed by atoms with Crippen LogP contribution in [0.1, 0.15) is 51.4 Å². The number of benzene rings is 1. The molecule has 0 N–H and O–H groups in total. The molecule has 3 rings (SSSR count). The van der Waals surface area contributed by atoms with E-state index >= 15 is 0 Å². The van der Waals surface area contributed by atoms with Crippen molar-refractivity contribution >= 4 is 13.2 Å². The summed E-state index contributed by atoms with van der Waals surface area (Å²) in [7, 11) is -0.691. The molecule has 2 aliphatic rings. The van der Waals surface area contributed by atoms with Crippen molar-refractivity contribution in [2.75, 3.05) is 13.2 Å². The van der Waals surface area contributed by atoms with Crippen molar-refractivity contribution < 1.29 is 35.8 Å². The smallest absolute Gasteiger partial charge is 0.422 e. The maximum absolute atomic E-state index is 12.6. The molecule has 0 unspecified atom stereocenters. The number of hydrogen-bond donors (Lipinski definition) is 0. The van der Waals surface area contributed by atoms with Crippen LogP contribution in [0.4, 0.5) is 26.3 Å². The van der Waals surface area contributed by atoms with Crippen LogP contribution in [0.2, 0.25) is 0 Å². The third-order valence-electron chi connectivity index (χ3n) is 5.40. The quantitative estimate of drug-likeness (QED) is 0.352. The molecule has 0 saturated heterocycles. The van der Waals surface area contributed by atoms with Gasteiger partial charge in [0.15, 0.2) is 13.2 Å². The van der Waals surface area contributed by atoms with Crippen molar-refractivity contribution in [3.63, 3.8) is 0 Å². The van der Waals surface area contributed by atoms with Crippen LogP contribution in [0.5, 0.6) is 11.5 Å². The third-order valence-corrected chi connectivity index (χ3v) is 8.86. The van der Waals surface area contributed by atoms with Crippen molar-refractivity contribution in [1.29, 1.82) is 0 Å². The van der Waals surface area contributed by atoms with Crippen molar-refractivity contribution in [1.82, 2.24) is 0 Å². The minimum Gasteiger partial charge on any atom is -0.484 e. The highest BCUT2D eigenvalue weighted by molar-refractivity contribution is 7.67. The summed E-state index contributed by atoms with van der Waals surface area (Å²) < 4.78 is 85.3. The second kappa shape index (κ2) is 9.32. The Morgan fingerprint density at radius 3 is 1.41 bits per heavy atom. The fourth-order valence-electron chi connectivity index (χ4n) is 4.29. The first-order chi connectivity index (χ1) is 13.6. The minimum absolute atomic E-state index is 0.0829. The van der Waals surface area contributed by atoms with Gasteiger partial charge in [0, 0.05) is 6.07 Å². The lowest BCUT2D eigenvalue weighted by Gasteiger charge is -2.31. The molecule has 9 heteroatoms. The monoisotopic (exact) mass is 442 g/mol. The number of hydrogen-bond acceptors (Lipinski definition) is 2. The summed E-state index contributed by atoms with van der Waals surface area (Å²) in [6.45, 7) is -2.97. The SMILES string of the molecule is FC(F)(F)COc1cc(OCC(F)(F)F)cc(P(C2CCCC2)C2CCCC2)c1. The van der Waals surface area contributed by atoms with Gasteiger partial charge in [-0.1, -0.05) is 33.6 Å². The summed E-state index contributed by atoms with van der Waals surface area (Å²) in [6.07, 6.45) is -0.298. The van der Waals surface area contributed by atoms with Crippen molar-refractivity contribution in [2.45, 2.75) is 75.0 Å². The van der Waals surface area contributed by atoms with E-state index in [0.29, 0.717) is 11.3 Å². The number of halogens is 6. The Labute approximate surface area is 167 Å².